The molecular weight excluding hydrogens is 602 g/mol. The lowest BCUT2D eigenvalue weighted by atomic mass is 9.91. The van der Waals surface area contributed by atoms with E-state index in [1.54, 1.807) is 47.2 Å². The molecule has 1 amide bonds. The van der Waals surface area contributed by atoms with Crippen LogP contribution < -0.4 is 10.2 Å². The SMILES string of the molecule is Cc1c(C2CCN(C(=O)OCc3ccccc3)CC2)oc2c(C(C)OC(=S)n3ccnc3)c(OCc3ccccc3)ccc2c1=O. The Morgan fingerprint density at radius 2 is 1.67 bits per heavy atom. The third-order valence-electron chi connectivity index (χ3n) is 8.29. The highest BCUT2D eigenvalue weighted by molar-refractivity contribution is 7.80. The van der Waals surface area contributed by atoms with E-state index in [1.807, 2.05) is 67.6 Å². The standard InChI is InChI=1S/C36H35N3O6S/c1-24-32(40)29-13-14-30(42-21-26-9-5-3-6-10-26)31(25(2)44-36(46)39-20-17-37-23-39)34(29)45-33(24)28-15-18-38(19-16-28)35(41)43-22-27-11-7-4-8-12-27/h3-14,17,20,23,25,28H,15-16,18-19,21-22H2,1-2H3. The minimum Gasteiger partial charge on any atom is -0.488 e. The molecule has 236 valence electrons. The highest BCUT2D eigenvalue weighted by Gasteiger charge is 2.30. The van der Waals surface area contributed by atoms with Gasteiger partial charge in [0.05, 0.1) is 10.9 Å². The molecule has 46 heavy (non-hydrogen) atoms. The van der Waals surface area contributed by atoms with Crippen LogP contribution >= 0.6 is 12.2 Å². The van der Waals surface area contributed by atoms with Gasteiger partial charge in [-0.1, -0.05) is 60.7 Å². The molecule has 1 saturated heterocycles. The van der Waals surface area contributed by atoms with Crippen LogP contribution in [0.1, 0.15) is 59.8 Å². The Morgan fingerprint density at radius 3 is 2.33 bits per heavy atom. The zero-order valence-electron chi connectivity index (χ0n) is 25.8. The van der Waals surface area contributed by atoms with E-state index in [0.29, 0.717) is 66.1 Å². The van der Waals surface area contributed by atoms with Crippen LogP contribution in [0, 0.1) is 6.92 Å². The van der Waals surface area contributed by atoms with Crippen LogP contribution in [0.2, 0.25) is 0 Å². The number of nitrogens with zero attached hydrogens (tertiary/aromatic N) is 3. The Labute approximate surface area is 272 Å². The van der Waals surface area contributed by atoms with Crippen LogP contribution in [0.15, 0.2) is 101 Å². The smallest absolute Gasteiger partial charge is 0.410 e. The number of ether oxygens (including phenoxy) is 3. The molecule has 2 aromatic heterocycles. The maximum atomic E-state index is 13.8. The van der Waals surface area contributed by atoms with Gasteiger partial charge in [-0.05, 0) is 62.2 Å². The number of aromatic nitrogens is 2. The van der Waals surface area contributed by atoms with Crippen molar-refractivity contribution in [2.75, 3.05) is 13.1 Å². The summed E-state index contributed by atoms with van der Waals surface area (Å²) in [6.45, 7) is 5.18. The molecule has 0 aliphatic carbocycles. The van der Waals surface area contributed by atoms with Crippen molar-refractivity contribution in [1.29, 1.82) is 0 Å². The Bertz CT molecular complexity index is 1870. The van der Waals surface area contributed by atoms with Gasteiger partial charge in [0, 0.05) is 37.0 Å². The summed E-state index contributed by atoms with van der Waals surface area (Å²) in [6.07, 6.45) is 5.19. The average molecular weight is 638 g/mol. The second-order valence-electron chi connectivity index (χ2n) is 11.3. The predicted octanol–water partition coefficient (Wildman–Crippen LogP) is 7.30. The molecule has 6 rings (SSSR count). The first-order valence-electron chi connectivity index (χ1n) is 15.3. The van der Waals surface area contributed by atoms with Crippen molar-refractivity contribution in [1.82, 2.24) is 14.5 Å². The highest BCUT2D eigenvalue weighted by atomic mass is 32.1. The number of piperidine rings is 1. The number of hydrogen-bond donors (Lipinski definition) is 0. The van der Waals surface area contributed by atoms with E-state index in [4.69, 9.17) is 30.8 Å². The summed E-state index contributed by atoms with van der Waals surface area (Å²) in [4.78, 5) is 32.4. The summed E-state index contributed by atoms with van der Waals surface area (Å²) in [5.74, 6) is 1.09. The Balaban J connectivity index is 1.28. The fourth-order valence-corrected chi connectivity index (χ4v) is 6.03. The van der Waals surface area contributed by atoms with Gasteiger partial charge >= 0.3 is 6.09 Å². The van der Waals surface area contributed by atoms with Gasteiger partial charge in [-0.3, -0.25) is 9.36 Å². The quantitative estimate of drug-likeness (QED) is 0.164. The monoisotopic (exact) mass is 637 g/mol. The van der Waals surface area contributed by atoms with Crippen LogP contribution in [0.4, 0.5) is 4.79 Å². The molecule has 0 N–H and O–H groups in total. The van der Waals surface area contributed by atoms with Crippen LogP contribution in [0.3, 0.4) is 0 Å². The van der Waals surface area contributed by atoms with Crippen LogP contribution in [0.5, 0.6) is 5.75 Å². The molecule has 0 saturated carbocycles. The number of rotatable bonds is 8. The second kappa shape index (κ2) is 14.0. The fourth-order valence-electron chi connectivity index (χ4n) is 5.78. The molecule has 9 nitrogen and oxygen atoms in total. The zero-order valence-corrected chi connectivity index (χ0v) is 26.6. The molecule has 0 bridgehead atoms. The molecule has 1 aliphatic rings. The number of thiocarbonyl (C=S) groups is 1. The summed E-state index contributed by atoms with van der Waals surface area (Å²) in [5, 5.41) is 0.645. The predicted molar refractivity (Wildman–Crippen MR) is 178 cm³/mol. The minimum absolute atomic E-state index is 0.0553. The van der Waals surface area contributed by atoms with Gasteiger partial charge < -0.3 is 23.5 Å². The van der Waals surface area contributed by atoms with Crippen molar-refractivity contribution in [3.05, 3.63) is 130 Å². The Kier molecular flexibility index (Phi) is 9.44. The highest BCUT2D eigenvalue weighted by Crippen LogP contribution is 2.38. The van der Waals surface area contributed by atoms with Gasteiger partial charge in [-0.2, -0.15) is 0 Å². The topological polar surface area (TPSA) is 96.0 Å². The number of carbonyl (C=O) groups excluding carboxylic acids is 1. The van der Waals surface area contributed by atoms with Crippen molar-refractivity contribution in [2.24, 2.45) is 0 Å². The molecule has 0 spiro atoms. The molecular formula is C36H35N3O6S. The van der Waals surface area contributed by atoms with Crippen molar-refractivity contribution >= 4 is 34.5 Å². The van der Waals surface area contributed by atoms with Crippen molar-refractivity contribution in [3.63, 3.8) is 0 Å². The fraction of sp³-hybridized carbons (Fsp3) is 0.278. The number of fused-ring (bicyclic) bond motifs is 1. The summed E-state index contributed by atoms with van der Waals surface area (Å²) < 4.78 is 26.3. The number of benzene rings is 3. The molecule has 1 fully saturated rings. The molecule has 1 aliphatic heterocycles. The maximum absolute atomic E-state index is 13.8. The lowest BCUT2D eigenvalue weighted by molar-refractivity contribution is 0.0858. The number of likely N-dealkylation sites (tertiary alicyclic amines) is 1. The van der Waals surface area contributed by atoms with E-state index in [-0.39, 0.29) is 29.2 Å². The van der Waals surface area contributed by atoms with E-state index < -0.39 is 6.10 Å². The first-order chi connectivity index (χ1) is 22.4. The number of amides is 1. The third kappa shape index (κ3) is 6.82. The average Bonchev–Trinajstić information content (AvgIpc) is 3.64. The zero-order chi connectivity index (χ0) is 32.0. The van der Waals surface area contributed by atoms with Gasteiger partial charge in [-0.25, -0.2) is 9.78 Å². The molecule has 3 aromatic carbocycles. The van der Waals surface area contributed by atoms with Crippen LogP contribution in [0.25, 0.3) is 11.0 Å². The lowest BCUT2D eigenvalue weighted by Gasteiger charge is -2.31. The second-order valence-corrected chi connectivity index (χ2v) is 11.7. The van der Waals surface area contributed by atoms with Crippen LogP contribution in [-0.2, 0) is 22.7 Å². The lowest BCUT2D eigenvalue weighted by Crippen LogP contribution is -2.38. The first kappa shape index (κ1) is 31.0. The van der Waals surface area contributed by atoms with Crippen LogP contribution in [-0.4, -0.2) is 38.8 Å². The molecule has 10 heteroatoms. The number of carbonyl (C=O) groups is 1. The van der Waals surface area contributed by atoms with Crippen molar-refractivity contribution < 1.29 is 23.4 Å². The van der Waals surface area contributed by atoms with Gasteiger partial charge in [-0.15, -0.1) is 0 Å². The van der Waals surface area contributed by atoms with Crippen molar-refractivity contribution in [3.8, 4) is 5.75 Å². The largest absolute Gasteiger partial charge is 0.488 e. The van der Waals surface area contributed by atoms with Gasteiger partial charge in [0.15, 0.2) is 5.43 Å². The van der Waals surface area contributed by atoms with E-state index in [0.717, 1.165) is 11.1 Å². The molecule has 0 radical (unpaired) electrons. The Hall–Kier alpha value is -4.96. The first-order valence-corrected chi connectivity index (χ1v) is 15.7. The number of imidazole rings is 1. The van der Waals surface area contributed by atoms with E-state index >= 15 is 0 Å². The van der Waals surface area contributed by atoms with E-state index in [9.17, 15) is 9.59 Å². The van der Waals surface area contributed by atoms with Gasteiger partial charge in [0.25, 0.3) is 5.17 Å². The molecule has 5 aromatic rings. The number of hydrogen-bond acceptors (Lipinski definition) is 8. The van der Waals surface area contributed by atoms with E-state index in [2.05, 4.69) is 4.98 Å². The Morgan fingerprint density at radius 1 is 1.00 bits per heavy atom. The molecule has 3 heterocycles. The normalized spacial score (nSPS) is 14.2. The summed E-state index contributed by atoms with van der Waals surface area (Å²) in [5.41, 5.74) is 3.38. The summed E-state index contributed by atoms with van der Waals surface area (Å²) in [7, 11) is 0. The molecule has 1 unspecified atom stereocenters. The minimum atomic E-state index is -0.621. The molecule has 1 atom stereocenters. The summed E-state index contributed by atoms with van der Waals surface area (Å²) >= 11 is 5.54. The van der Waals surface area contributed by atoms with Crippen molar-refractivity contribution in [2.45, 2.75) is 51.9 Å². The van der Waals surface area contributed by atoms with E-state index in [1.165, 1.54) is 0 Å². The van der Waals surface area contributed by atoms with Gasteiger partial charge in [0.1, 0.15) is 42.7 Å². The van der Waals surface area contributed by atoms with Gasteiger partial charge in [0.2, 0.25) is 0 Å². The maximum Gasteiger partial charge on any atom is 0.410 e. The summed E-state index contributed by atoms with van der Waals surface area (Å²) in [6, 6.07) is 23.0. The third-order valence-corrected chi connectivity index (χ3v) is 8.60.